The topological polar surface area (TPSA) is 54.4 Å². The van der Waals surface area contributed by atoms with Gasteiger partial charge in [-0.15, -0.1) is 0 Å². The van der Waals surface area contributed by atoms with Gasteiger partial charge in [0.05, 0.1) is 5.56 Å². The molecule has 0 heterocycles. The van der Waals surface area contributed by atoms with E-state index in [0.717, 1.165) is 12.8 Å². The van der Waals surface area contributed by atoms with Gasteiger partial charge in [0.1, 0.15) is 0 Å². The molecular formula is C24H24O3. The van der Waals surface area contributed by atoms with Crippen molar-refractivity contribution in [3.63, 3.8) is 0 Å². The summed E-state index contributed by atoms with van der Waals surface area (Å²) in [4.78, 5) is 23.9. The molecule has 0 spiro atoms. The molecule has 3 heteroatoms. The van der Waals surface area contributed by atoms with E-state index in [1.54, 1.807) is 18.2 Å². The van der Waals surface area contributed by atoms with E-state index < -0.39 is 5.97 Å². The summed E-state index contributed by atoms with van der Waals surface area (Å²) in [6.45, 7) is 8.91. The Kier molecular flexibility index (Phi) is 4.70. The van der Waals surface area contributed by atoms with Gasteiger partial charge < -0.3 is 5.11 Å². The quantitative estimate of drug-likeness (QED) is 0.608. The normalized spacial score (nSPS) is 16.6. The van der Waals surface area contributed by atoms with Gasteiger partial charge in [-0.2, -0.15) is 0 Å². The molecule has 0 amide bonds. The predicted molar refractivity (Wildman–Crippen MR) is 106 cm³/mol. The molecule has 0 atom stereocenters. The lowest BCUT2D eigenvalue weighted by Gasteiger charge is -2.42. The summed E-state index contributed by atoms with van der Waals surface area (Å²) in [5.41, 5.74) is 3.61. The minimum atomic E-state index is -1.05. The molecule has 0 aliphatic heterocycles. The van der Waals surface area contributed by atoms with Crippen molar-refractivity contribution in [1.82, 2.24) is 0 Å². The molecule has 0 fully saturated rings. The van der Waals surface area contributed by atoms with Crippen LogP contribution >= 0.6 is 0 Å². The number of rotatable bonds is 2. The number of aromatic carboxylic acids is 1. The van der Waals surface area contributed by atoms with E-state index in [1.165, 1.54) is 17.2 Å². The monoisotopic (exact) mass is 360 g/mol. The zero-order chi connectivity index (χ0) is 19.8. The highest BCUT2D eigenvalue weighted by atomic mass is 16.4. The van der Waals surface area contributed by atoms with Crippen molar-refractivity contribution in [2.45, 2.75) is 51.4 Å². The number of carboxylic acids is 1. The molecule has 3 nitrogen and oxygen atoms in total. The van der Waals surface area contributed by atoms with Gasteiger partial charge >= 0.3 is 5.97 Å². The third-order valence-corrected chi connectivity index (χ3v) is 5.58. The number of ketones is 1. The number of carbonyl (C=O) groups excluding carboxylic acids is 1. The highest BCUT2D eigenvalue weighted by Gasteiger charge is 2.37. The van der Waals surface area contributed by atoms with E-state index in [4.69, 9.17) is 0 Å². The lowest BCUT2D eigenvalue weighted by atomic mass is 9.63. The average Bonchev–Trinajstić information content (AvgIpc) is 2.63. The largest absolute Gasteiger partial charge is 0.478 e. The summed E-state index contributed by atoms with van der Waals surface area (Å²) >= 11 is 0. The molecule has 0 saturated carbocycles. The van der Waals surface area contributed by atoms with E-state index in [1.807, 2.05) is 12.1 Å². The molecule has 1 aliphatic carbocycles. The van der Waals surface area contributed by atoms with Crippen LogP contribution in [-0.2, 0) is 10.8 Å². The Balaban J connectivity index is 1.98. The fourth-order valence-corrected chi connectivity index (χ4v) is 3.70. The van der Waals surface area contributed by atoms with E-state index in [-0.39, 0.29) is 22.2 Å². The van der Waals surface area contributed by atoms with Crippen LogP contribution in [-0.4, -0.2) is 16.9 Å². The smallest absolute Gasteiger partial charge is 0.336 e. The van der Waals surface area contributed by atoms with Crippen LogP contribution in [0, 0.1) is 11.8 Å². The first kappa shape index (κ1) is 18.9. The Labute approximate surface area is 160 Å². The molecule has 27 heavy (non-hydrogen) atoms. The van der Waals surface area contributed by atoms with Crippen LogP contribution in [0.3, 0.4) is 0 Å². The highest BCUT2D eigenvalue weighted by molar-refractivity contribution is 6.09. The number of carbonyl (C=O) groups is 2. The number of benzene rings is 2. The number of hydrogen-bond acceptors (Lipinski definition) is 2. The Morgan fingerprint density at radius 3 is 2.22 bits per heavy atom. The second-order valence-corrected chi connectivity index (χ2v) is 8.46. The molecule has 2 aromatic carbocycles. The lowest BCUT2D eigenvalue weighted by molar-refractivity contribution is 0.0696. The van der Waals surface area contributed by atoms with Crippen molar-refractivity contribution in [2.75, 3.05) is 0 Å². The molecule has 0 unspecified atom stereocenters. The van der Waals surface area contributed by atoms with Crippen LogP contribution in [0.1, 0.15) is 77.9 Å². The van der Waals surface area contributed by atoms with Crippen LogP contribution < -0.4 is 0 Å². The van der Waals surface area contributed by atoms with Gasteiger partial charge in [-0.1, -0.05) is 57.9 Å². The van der Waals surface area contributed by atoms with Crippen molar-refractivity contribution >= 4 is 11.8 Å². The first-order chi connectivity index (χ1) is 12.6. The van der Waals surface area contributed by atoms with E-state index >= 15 is 0 Å². The first-order valence-electron chi connectivity index (χ1n) is 9.15. The predicted octanol–water partition coefficient (Wildman–Crippen LogP) is 4.97. The molecular weight excluding hydrogens is 336 g/mol. The summed E-state index contributed by atoms with van der Waals surface area (Å²) in [6.07, 6.45) is 2.19. The van der Waals surface area contributed by atoms with E-state index in [0.29, 0.717) is 11.1 Å². The fourth-order valence-electron chi connectivity index (χ4n) is 3.70. The number of fused-ring (bicyclic) bond motifs is 1. The standard InChI is InChI=1S/C24H24O3/c1-23(2)13-14-24(3,4)20-15-17(9-11-19(20)23)21(25)12-10-16-7-5-6-8-18(16)22(26)27/h5-9,11,15H,13-14H2,1-4H3,(H,26,27). The van der Waals surface area contributed by atoms with Gasteiger partial charge in [-0.05, 0) is 58.9 Å². The molecule has 0 saturated heterocycles. The van der Waals surface area contributed by atoms with Gasteiger partial charge in [-0.3, -0.25) is 4.79 Å². The van der Waals surface area contributed by atoms with Gasteiger partial charge in [0.2, 0.25) is 5.78 Å². The molecule has 3 rings (SSSR count). The molecule has 1 N–H and O–H groups in total. The van der Waals surface area contributed by atoms with Crippen molar-refractivity contribution in [3.05, 3.63) is 70.3 Å². The summed E-state index contributed by atoms with van der Waals surface area (Å²) < 4.78 is 0. The van der Waals surface area contributed by atoms with Crippen LogP contribution in [0.4, 0.5) is 0 Å². The molecule has 2 aromatic rings. The van der Waals surface area contributed by atoms with Gasteiger partial charge in [-0.25, -0.2) is 4.79 Å². The number of hydrogen-bond donors (Lipinski definition) is 1. The third-order valence-electron chi connectivity index (χ3n) is 5.58. The molecule has 0 radical (unpaired) electrons. The molecule has 1 aliphatic rings. The van der Waals surface area contributed by atoms with E-state index in [2.05, 4.69) is 45.6 Å². The molecule has 0 aromatic heterocycles. The van der Waals surface area contributed by atoms with E-state index in [9.17, 15) is 14.7 Å². The minimum absolute atomic E-state index is 0.0183. The maximum atomic E-state index is 12.6. The Hall–Kier alpha value is -2.86. The van der Waals surface area contributed by atoms with Crippen LogP contribution in [0.2, 0.25) is 0 Å². The van der Waals surface area contributed by atoms with Crippen LogP contribution in [0.15, 0.2) is 42.5 Å². The van der Waals surface area contributed by atoms with Crippen molar-refractivity contribution < 1.29 is 14.7 Å². The van der Waals surface area contributed by atoms with Gasteiger partial charge in [0.25, 0.3) is 0 Å². The summed E-state index contributed by atoms with van der Waals surface area (Å²) in [5.74, 6) is 4.00. The highest BCUT2D eigenvalue weighted by Crippen LogP contribution is 2.45. The minimum Gasteiger partial charge on any atom is -0.478 e. The molecule has 0 bridgehead atoms. The second-order valence-electron chi connectivity index (χ2n) is 8.46. The maximum Gasteiger partial charge on any atom is 0.336 e. The number of Topliss-reactive ketones (excluding diaryl/α,β-unsaturated/α-hetero) is 1. The van der Waals surface area contributed by atoms with Gasteiger partial charge in [0, 0.05) is 11.1 Å². The second kappa shape index (κ2) is 6.70. The Bertz CT molecular complexity index is 984. The van der Waals surface area contributed by atoms with Crippen molar-refractivity contribution in [2.24, 2.45) is 0 Å². The molecule has 138 valence electrons. The lowest BCUT2D eigenvalue weighted by Crippen LogP contribution is -2.34. The van der Waals surface area contributed by atoms with Crippen LogP contribution in [0.25, 0.3) is 0 Å². The fraction of sp³-hybridized carbons (Fsp3) is 0.333. The Morgan fingerprint density at radius 2 is 1.56 bits per heavy atom. The summed E-state index contributed by atoms with van der Waals surface area (Å²) in [5, 5.41) is 9.23. The third kappa shape index (κ3) is 3.66. The van der Waals surface area contributed by atoms with Crippen molar-refractivity contribution in [1.29, 1.82) is 0 Å². The van der Waals surface area contributed by atoms with Crippen molar-refractivity contribution in [3.8, 4) is 11.8 Å². The maximum absolute atomic E-state index is 12.6. The number of carboxylic acid groups (broad SMARTS) is 1. The first-order valence-corrected chi connectivity index (χ1v) is 9.15. The summed E-state index contributed by atoms with van der Waals surface area (Å²) in [7, 11) is 0. The zero-order valence-electron chi connectivity index (χ0n) is 16.2. The van der Waals surface area contributed by atoms with Gasteiger partial charge in [0.15, 0.2) is 0 Å². The summed E-state index contributed by atoms with van der Waals surface area (Å²) in [6, 6.07) is 12.3. The Morgan fingerprint density at radius 1 is 0.926 bits per heavy atom. The zero-order valence-corrected chi connectivity index (χ0v) is 16.2. The average molecular weight is 360 g/mol. The van der Waals surface area contributed by atoms with Crippen LogP contribution in [0.5, 0.6) is 0 Å². The SMILES string of the molecule is CC1(C)CCC(C)(C)c2cc(C(=O)C#Cc3ccccc3C(=O)O)ccc21.